The number of hydrogen-bond donors (Lipinski definition) is 0. The van der Waals surface area contributed by atoms with E-state index in [1.165, 1.54) is 24.8 Å². The molecule has 0 spiro atoms. The number of pyridine rings is 1. The molecule has 0 bridgehead atoms. The minimum Gasteiger partial charge on any atom is -0.355 e. The number of aromatic nitrogens is 3. The Morgan fingerprint density at radius 1 is 0.852 bits per heavy atom. The first-order chi connectivity index (χ1) is 13.3. The molecule has 7 nitrogen and oxygen atoms in total. The summed E-state index contributed by atoms with van der Waals surface area (Å²) in [4.78, 5) is 23.3. The van der Waals surface area contributed by atoms with Crippen LogP contribution in [0.25, 0.3) is 0 Å². The molecule has 0 saturated carbocycles. The summed E-state index contributed by atoms with van der Waals surface area (Å²) in [6, 6.07) is 7.84. The molecule has 2 fully saturated rings. The fourth-order valence-corrected chi connectivity index (χ4v) is 3.75. The molecule has 1 amide bonds. The van der Waals surface area contributed by atoms with Gasteiger partial charge in [0.1, 0.15) is 0 Å². The number of anilines is 1. The molecule has 27 heavy (non-hydrogen) atoms. The maximum absolute atomic E-state index is 12.7. The number of nitrogens with zero attached hydrogens (tertiary/aromatic N) is 6. The van der Waals surface area contributed by atoms with Crippen LogP contribution in [-0.4, -0.2) is 70.2 Å². The largest absolute Gasteiger partial charge is 0.355 e. The van der Waals surface area contributed by atoms with Gasteiger partial charge in [-0.3, -0.25) is 14.7 Å². The standard InChI is InChI=1S/C20H26N6O/c27-20(18-4-5-19(23-22-18)25-10-2-1-3-11-25)26-14-12-24(13-15-26)16-17-6-8-21-9-7-17/h4-9H,1-3,10-16H2. The highest BCUT2D eigenvalue weighted by molar-refractivity contribution is 5.92. The topological polar surface area (TPSA) is 65.5 Å². The van der Waals surface area contributed by atoms with Crippen molar-refractivity contribution < 1.29 is 4.79 Å². The summed E-state index contributed by atoms with van der Waals surface area (Å²) in [7, 11) is 0. The quantitative estimate of drug-likeness (QED) is 0.822. The van der Waals surface area contributed by atoms with Gasteiger partial charge in [-0.05, 0) is 49.1 Å². The van der Waals surface area contributed by atoms with E-state index in [-0.39, 0.29) is 5.91 Å². The second-order valence-electron chi connectivity index (χ2n) is 7.25. The van der Waals surface area contributed by atoms with Gasteiger partial charge in [0.15, 0.2) is 11.5 Å². The molecule has 2 aromatic heterocycles. The zero-order valence-corrected chi connectivity index (χ0v) is 15.6. The van der Waals surface area contributed by atoms with Crippen LogP contribution in [0, 0.1) is 0 Å². The van der Waals surface area contributed by atoms with Gasteiger partial charge in [-0.2, -0.15) is 0 Å². The molecule has 0 atom stereocenters. The molecule has 4 rings (SSSR count). The highest BCUT2D eigenvalue weighted by Gasteiger charge is 2.23. The Hall–Kier alpha value is -2.54. The van der Waals surface area contributed by atoms with E-state index in [1.807, 2.05) is 41.6 Å². The maximum Gasteiger partial charge on any atom is 0.274 e. The van der Waals surface area contributed by atoms with E-state index < -0.39 is 0 Å². The molecular weight excluding hydrogens is 340 g/mol. The monoisotopic (exact) mass is 366 g/mol. The van der Waals surface area contributed by atoms with Crippen molar-refractivity contribution in [1.29, 1.82) is 0 Å². The fourth-order valence-electron chi connectivity index (χ4n) is 3.75. The van der Waals surface area contributed by atoms with Gasteiger partial charge < -0.3 is 9.80 Å². The average Bonchev–Trinajstić information content (AvgIpc) is 2.75. The van der Waals surface area contributed by atoms with Crippen LogP contribution in [0.4, 0.5) is 5.82 Å². The number of hydrogen-bond acceptors (Lipinski definition) is 6. The van der Waals surface area contributed by atoms with Crippen LogP contribution in [0.2, 0.25) is 0 Å². The van der Waals surface area contributed by atoms with Crippen LogP contribution >= 0.6 is 0 Å². The van der Waals surface area contributed by atoms with Crippen molar-refractivity contribution in [3.05, 3.63) is 47.9 Å². The molecule has 2 saturated heterocycles. The third kappa shape index (κ3) is 4.42. The zero-order chi connectivity index (χ0) is 18.5. The summed E-state index contributed by atoms with van der Waals surface area (Å²) >= 11 is 0. The van der Waals surface area contributed by atoms with Crippen molar-refractivity contribution in [3.63, 3.8) is 0 Å². The van der Waals surface area contributed by atoms with Gasteiger partial charge in [0.05, 0.1) is 0 Å². The second kappa shape index (κ2) is 8.43. The molecule has 0 N–H and O–H groups in total. The van der Waals surface area contributed by atoms with Crippen molar-refractivity contribution in [3.8, 4) is 0 Å². The Morgan fingerprint density at radius 3 is 2.26 bits per heavy atom. The molecule has 0 unspecified atom stereocenters. The van der Waals surface area contributed by atoms with E-state index in [0.717, 1.165) is 51.6 Å². The number of rotatable bonds is 4. The first-order valence-corrected chi connectivity index (χ1v) is 9.79. The smallest absolute Gasteiger partial charge is 0.274 e. The van der Waals surface area contributed by atoms with E-state index >= 15 is 0 Å². The van der Waals surface area contributed by atoms with Gasteiger partial charge in [-0.25, -0.2) is 0 Å². The lowest BCUT2D eigenvalue weighted by atomic mass is 10.1. The summed E-state index contributed by atoms with van der Waals surface area (Å²) in [5.74, 6) is 0.865. The molecule has 7 heteroatoms. The minimum atomic E-state index is -0.0174. The third-order valence-corrected chi connectivity index (χ3v) is 5.36. The van der Waals surface area contributed by atoms with Gasteiger partial charge in [0, 0.05) is 58.2 Å². The van der Waals surface area contributed by atoms with E-state index in [9.17, 15) is 4.79 Å². The zero-order valence-electron chi connectivity index (χ0n) is 15.6. The molecule has 2 aromatic rings. The van der Waals surface area contributed by atoms with Gasteiger partial charge in [0.2, 0.25) is 0 Å². The number of piperazine rings is 1. The van der Waals surface area contributed by atoms with Gasteiger partial charge in [-0.15, -0.1) is 10.2 Å². The lowest BCUT2D eigenvalue weighted by Gasteiger charge is -2.34. The van der Waals surface area contributed by atoms with Crippen LogP contribution in [0.5, 0.6) is 0 Å². The normalized spacial score (nSPS) is 18.5. The van der Waals surface area contributed by atoms with E-state index in [1.54, 1.807) is 0 Å². The first-order valence-electron chi connectivity index (χ1n) is 9.79. The number of piperidine rings is 1. The van der Waals surface area contributed by atoms with E-state index in [2.05, 4.69) is 25.0 Å². The van der Waals surface area contributed by atoms with Crippen molar-refractivity contribution in [2.75, 3.05) is 44.2 Å². The highest BCUT2D eigenvalue weighted by Crippen LogP contribution is 2.17. The van der Waals surface area contributed by atoms with Crippen LogP contribution in [0.15, 0.2) is 36.7 Å². The summed E-state index contributed by atoms with van der Waals surface area (Å²) < 4.78 is 0. The Balaban J connectivity index is 1.31. The molecular formula is C20H26N6O. The van der Waals surface area contributed by atoms with Crippen LogP contribution in [0.1, 0.15) is 35.3 Å². The molecule has 0 aromatic carbocycles. The predicted molar refractivity (Wildman–Crippen MR) is 104 cm³/mol. The molecule has 2 aliphatic heterocycles. The molecule has 2 aliphatic rings. The van der Waals surface area contributed by atoms with Crippen molar-refractivity contribution >= 4 is 11.7 Å². The van der Waals surface area contributed by atoms with Crippen LogP contribution in [-0.2, 0) is 6.54 Å². The number of amides is 1. The van der Waals surface area contributed by atoms with Gasteiger partial charge >= 0.3 is 0 Å². The molecule has 0 radical (unpaired) electrons. The van der Waals surface area contributed by atoms with Crippen LogP contribution in [0.3, 0.4) is 0 Å². The highest BCUT2D eigenvalue weighted by atomic mass is 16.2. The summed E-state index contributed by atoms with van der Waals surface area (Å²) in [6.07, 6.45) is 7.33. The second-order valence-corrected chi connectivity index (χ2v) is 7.25. The Bertz CT molecular complexity index is 737. The summed E-state index contributed by atoms with van der Waals surface area (Å²) in [6.45, 7) is 6.14. The summed E-state index contributed by atoms with van der Waals surface area (Å²) in [5.41, 5.74) is 1.70. The van der Waals surface area contributed by atoms with E-state index in [4.69, 9.17) is 0 Å². The van der Waals surface area contributed by atoms with E-state index in [0.29, 0.717) is 5.69 Å². The lowest BCUT2D eigenvalue weighted by molar-refractivity contribution is 0.0621. The fraction of sp³-hybridized carbons (Fsp3) is 0.500. The Labute approximate surface area is 160 Å². The minimum absolute atomic E-state index is 0.0174. The predicted octanol–water partition coefficient (Wildman–Crippen LogP) is 1.82. The van der Waals surface area contributed by atoms with Crippen LogP contribution < -0.4 is 4.90 Å². The Morgan fingerprint density at radius 2 is 1.59 bits per heavy atom. The third-order valence-electron chi connectivity index (χ3n) is 5.36. The van der Waals surface area contributed by atoms with Crippen molar-refractivity contribution in [1.82, 2.24) is 25.0 Å². The van der Waals surface area contributed by atoms with Crippen molar-refractivity contribution in [2.45, 2.75) is 25.8 Å². The van der Waals surface area contributed by atoms with Gasteiger partial charge in [-0.1, -0.05) is 0 Å². The van der Waals surface area contributed by atoms with Crippen molar-refractivity contribution in [2.24, 2.45) is 0 Å². The number of carbonyl (C=O) groups excluding carboxylic acids is 1. The lowest BCUT2D eigenvalue weighted by Crippen LogP contribution is -2.48. The summed E-state index contributed by atoms with van der Waals surface area (Å²) in [5, 5.41) is 8.51. The molecule has 142 valence electrons. The van der Waals surface area contributed by atoms with Gasteiger partial charge in [0.25, 0.3) is 5.91 Å². The Kier molecular flexibility index (Phi) is 5.58. The average molecular weight is 366 g/mol. The molecule has 0 aliphatic carbocycles. The SMILES string of the molecule is O=C(c1ccc(N2CCCCC2)nn1)N1CCN(Cc2ccncc2)CC1. The first kappa shape index (κ1) is 17.9. The maximum atomic E-state index is 12.7. The molecule has 4 heterocycles. The number of carbonyl (C=O) groups is 1.